The Hall–Kier alpha value is -2.13. The van der Waals surface area contributed by atoms with E-state index in [1.807, 2.05) is 31.2 Å². The van der Waals surface area contributed by atoms with E-state index in [1.165, 1.54) is 5.56 Å². The highest BCUT2D eigenvalue weighted by atomic mass is 127. The van der Waals surface area contributed by atoms with Gasteiger partial charge in [-0.1, -0.05) is 36.4 Å². The van der Waals surface area contributed by atoms with Crippen LogP contribution < -0.4 is 10.6 Å². The minimum atomic E-state index is 0. The Kier molecular flexibility index (Phi) is 11.3. The predicted molar refractivity (Wildman–Crippen MR) is 129 cm³/mol. The summed E-state index contributed by atoms with van der Waals surface area (Å²) in [5.41, 5.74) is 4.07. The van der Waals surface area contributed by atoms with Crippen LogP contribution in [0.25, 0.3) is 0 Å². The van der Waals surface area contributed by atoms with Crippen LogP contribution in [0.15, 0.2) is 53.5 Å². The number of halogens is 1. The molecule has 0 aliphatic rings. The van der Waals surface area contributed by atoms with Crippen molar-refractivity contribution in [2.24, 2.45) is 4.99 Å². The number of nitrogens with one attached hydrogen (secondary N) is 2. The summed E-state index contributed by atoms with van der Waals surface area (Å²) in [7, 11) is 5.20. The van der Waals surface area contributed by atoms with Crippen molar-refractivity contribution in [3.63, 3.8) is 0 Å². The number of benzene rings is 2. The average molecular weight is 510 g/mol. The minimum absolute atomic E-state index is 0. The fourth-order valence-corrected chi connectivity index (χ4v) is 2.63. The number of hydrogen-bond donors (Lipinski definition) is 2. The fraction of sp³-hybridized carbons (Fsp3) is 0.364. The minimum Gasteiger partial charge on any atom is -0.380 e. The van der Waals surface area contributed by atoms with Crippen LogP contribution in [0.3, 0.4) is 0 Å². The largest absolute Gasteiger partial charge is 0.380 e. The van der Waals surface area contributed by atoms with Crippen molar-refractivity contribution in [2.75, 3.05) is 27.7 Å². The third-order valence-corrected chi connectivity index (χ3v) is 4.16. The first kappa shape index (κ1) is 24.9. The van der Waals surface area contributed by atoms with Crippen LogP contribution in [0.1, 0.15) is 34.0 Å². The number of guanidine groups is 1. The molecule has 2 aromatic carbocycles. The van der Waals surface area contributed by atoms with Gasteiger partial charge in [0.25, 0.3) is 5.91 Å². The Morgan fingerprint density at radius 1 is 0.966 bits per heavy atom. The maximum absolute atomic E-state index is 12.0. The van der Waals surface area contributed by atoms with Gasteiger partial charge in [0, 0.05) is 39.9 Å². The zero-order valence-electron chi connectivity index (χ0n) is 17.6. The second kappa shape index (κ2) is 13.2. The molecule has 0 heterocycles. The Labute approximate surface area is 190 Å². The van der Waals surface area contributed by atoms with E-state index in [9.17, 15) is 4.79 Å². The monoisotopic (exact) mass is 510 g/mol. The number of hydrogen-bond acceptors (Lipinski definition) is 3. The molecule has 0 bridgehead atoms. The van der Waals surface area contributed by atoms with Gasteiger partial charge in [-0.15, -0.1) is 24.0 Å². The molecular formula is C22H31IN4O2. The maximum atomic E-state index is 12.0. The lowest BCUT2D eigenvalue weighted by atomic mass is 10.1. The summed E-state index contributed by atoms with van der Waals surface area (Å²) in [5.74, 6) is 0.762. The predicted octanol–water partition coefficient (Wildman–Crippen LogP) is 3.41. The summed E-state index contributed by atoms with van der Waals surface area (Å²) in [6, 6.07) is 15.9. The molecule has 2 N–H and O–H groups in total. The molecule has 0 atom stereocenters. The van der Waals surface area contributed by atoms with Crippen LogP contribution in [-0.4, -0.2) is 44.5 Å². The summed E-state index contributed by atoms with van der Waals surface area (Å²) in [5, 5.41) is 6.61. The molecule has 2 aromatic rings. The van der Waals surface area contributed by atoms with E-state index in [0.717, 1.165) is 23.6 Å². The molecule has 0 unspecified atom stereocenters. The molecule has 0 aliphatic heterocycles. The van der Waals surface area contributed by atoms with Crippen molar-refractivity contribution in [1.29, 1.82) is 0 Å². The number of nitrogens with zero attached hydrogens (tertiary/aromatic N) is 2. The molecule has 1 amide bonds. The summed E-state index contributed by atoms with van der Waals surface area (Å²) in [6.45, 7) is 4.68. The molecule has 0 aromatic heterocycles. The van der Waals surface area contributed by atoms with Gasteiger partial charge in [-0.2, -0.15) is 0 Å². The number of carbonyl (C=O) groups is 1. The molecule has 6 nitrogen and oxygen atoms in total. The number of rotatable bonds is 8. The van der Waals surface area contributed by atoms with Crippen molar-refractivity contribution < 1.29 is 9.53 Å². The van der Waals surface area contributed by atoms with Gasteiger partial charge >= 0.3 is 0 Å². The van der Waals surface area contributed by atoms with Crippen molar-refractivity contribution in [1.82, 2.24) is 15.5 Å². The first-order chi connectivity index (χ1) is 13.5. The molecule has 0 spiro atoms. The van der Waals surface area contributed by atoms with Gasteiger partial charge < -0.3 is 20.3 Å². The van der Waals surface area contributed by atoms with Gasteiger partial charge in [0.2, 0.25) is 0 Å². The van der Waals surface area contributed by atoms with E-state index in [0.29, 0.717) is 25.3 Å². The summed E-state index contributed by atoms with van der Waals surface area (Å²) < 4.78 is 5.14. The van der Waals surface area contributed by atoms with E-state index in [2.05, 4.69) is 39.9 Å². The first-order valence-corrected chi connectivity index (χ1v) is 9.43. The van der Waals surface area contributed by atoms with Crippen molar-refractivity contribution in [3.05, 3.63) is 70.8 Å². The van der Waals surface area contributed by atoms with Crippen LogP contribution in [0.5, 0.6) is 0 Å². The first-order valence-electron chi connectivity index (χ1n) is 9.43. The van der Waals surface area contributed by atoms with Crippen LogP contribution in [0, 0.1) is 0 Å². The topological polar surface area (TPSA) is 66.0 Å². The second-order valence-electron chi connectivity index (χ2n) is 6.69. The van der Waals surface area contributed by atoms with Crippen molar-refractivity contribution in [2.45, 2.75) is 26.6 Å². The van der Waals surface area contributed by atoms with Crippen LogP contribution in [0.2, 0.25) is 0 Å². The highest BCUT2D eigenvalue weighted by molar-refractivity contribution is 14.0. The van der Waals surface area contributed by atoms with E-state index in [4.69, 9.17) is 4.74 Å². The van der Waals surface area contributed by atoms with Crippen LogP contribution >= 0.6 is 24.0 Å². The van der Waals surface area contributed by atoms with Gasteiger partial charge in [0.15, 0.2) is 5.96 Å². The highest BCUT2D eigenvalue weighted by Crippen LogP contribution is 2.08. The van der Waals surface area contributed by atoms with E-state index in [1.54, 1.807) is 26.1 Å². The zero-order chi connectivity index (χ0) is 20.4. The fourth-order valence-electron chi connectivity index (χ4n) is 2.63. The van der Waals surface area contributed by atoms with E-state index >= 15 is 0 Å². The molecule has 0 saturated heterocycles. The Morgan fingerprint density at radius 2 is 1.55 bits per heavy atom. The van der Waals surface area contributed by atoms with Gasteiger partial charge in [0.05, 0.1) is 13.2 Å². The van der Waals surface area contributed by atoms with Crippen LogP contribution in [0.4, 0.5) is 0 Å². The third kappa shape index (κ3) is 8.41. The standard InChI is InChI=1S/C22H30N4O2.HI/c1-5-23-22(24-14-17-6-8-19(9-7-17)16-28-4)25-15-18-10-12-20(13-11-18)21(27)26(2)3;/h6-13H,5,14-16H2,1-4H3,(H2,23,24,25);1H. The molecule has 29 heavy (non-hydrogen) atoms. The van der Waals surface area contributed by atoms with Gasteiger partial charge in [-0.3, -0.25) is 4.79 Å². The Morgan fingerprint density at radius 3 is 2.10 bits per heavy atom. The number of carbonyl (C=O) groups excluding carboxylic acids is 1. The molecule has 0 radical (unpaired) electrons. The average Bonchev–Trinajstić information content (AvgIpc) is 2.71. The maximum Gasteiger partial charge on any atom is 0.253 e. The summed E-state index contributed by atoms with van der Waals surface area (Å²) in [4.78, 5) is 18.2. The lowest BCUT2D eigenvalue weighted by Crippen LogP contribution is -2.36. The zero-order valence-corrected chi connectivity index (χ0v) is 19.9. The Bertz CT molecular complexity index is 774. The molecular weight excluding hydrogens is 479 g/mol. The lowest BCUT2D eigenvalue weighted by molar-refractivity contribution is 0.0827. The molecule has 0 saturated carbocycles. The molecule has 158 valence electrons. The number of ether oxygens (including phenoxy) is 1. The smallest absolute Gasteiger partial charge is 0.253 e. The summed E-state index contributed by atoms with van der Waals surface area (Å²) in [6.07, 6.45) is 0. The highest BCUT2D eigenvalue weighted by Gasteiger charge is 2.07. The quantitative estimate of drug-likeness (QED) is 0.325. The third-order valence-electron chi connectivity index (χ3n) is 4.16. The second-order valence-corrected chi connectivity index (χ2v) is 6.69. The van der Waals surface area contributed by atoms with Crippen LogP contribution in [-0.2, 0) is 24.4 Å². The Balaban J connectivity index is 0.00000420. The van der Waals surface area contributed by atoms with Crippen molar-refractivity contribution in [3.8, 4) is 0 Å². The normalized spacial score (nSPS) is 10.8. The van der Waals surface area contributed by atoms with E-state index < -0.39 is 0 Å². The number of amides is 1. The molecule has 7 heteroatoms. The van der Waals surface area contributed by atoms with Gasteiger partial charge in [-0.05, 0) is 35.7 Å². The molecule has 2 rings (SSSR count). The van der Waals surface area contributed by atoms with E-state index in [-0.39, 0.29) is 29.9 Å². The number of aliphatic imine (C=N–C) groups is 1. The number of methoxy groups -OCH3 is 1. The molecule has 0 fully saturated rings. The van der Waals surface area contributed by atoms with Gasteiger partial charge in [-0.25, -0.2) is 4.99 Å². The SMILES string of the molecule is CCNC(=NCc1ccc(C(=O)N(C)C)cc1)NCc1ccc(COC)cc1.I. The molecule has 0 aliphatic carbocycles. The van der Waals surface area contributed by atoms with Crippen molar-refractivity contribution >= 4 is 35.8 Å². The lowest BCUT2D eigenvalue weighted by Gasteiger charge is -2.12. The van der Waals surface area contributed by atoms with Gasteiger partial charge in [0.1, 0.15) is 0 Å². The summed E-state index contributed by atoms with van der Waals surface area (Å²) >= 11 is 0.